The second-order valence-electron chi connectivity index (χ2n) is 7.74. The number of anilines is 1. The molecule has 0 radical (unpaired) electrons. The van der Waals surface area contributed by atoms with Crippen LogP contribution in [0.4, 0.5) is 18.9 Å². The minimum Gasteiger partial charge on any atom is -0.496 e. The summed E-state index contributed by atoms with van der Waals surface area (Å²) in [4.78, 5) is 38.0. The zero-order valence-corrected chi connectivity index (χ0v) is 23.6. The number of hydrogen-bond acceptors (Lipinski definition) is 7. The molecular formula is C24H18Br2F3N3O5S. The van der Waals surface area contributed by atoms with E-state index >= 15 is 0 Å². The molecule has 2 atom stereocenters. The number of thioether (sulfide) groups is 1. The van der Waals surface area contributed by atoms with Gasteiger partial charge in [0.15, 0.2) is 0 Å². The fraction of sp³-hybridized carbons (Fsp3) is 0.250. The molecule has 0 saturated carbocycles. The molecule has 0 aromatic heterocycles. The number of carbonyl (C=O) groups is 3. The van der Waals surface area contributed by atoms with Gasteiger partial charge in [0.05, 0.1) is 52.4 Å². The first-order chi connectivity index (χ1) is 17.9. The summed E-state index contributed by atoms with van der Waals surface area (Å²) in [5, 5.41) is 14.7. The summed E-state index contributed by atoms with van der Waals surface area (Å²) < 4.78 is 50.9. The van der Waals surface area contributed by atoms with E-state index < -0.39 is 52.8 Å². The van der Waals surface area contributed by atoms with Crippen LogP contribution in [0.1, 0.15) is 17.0 Å². The third-order valence-corrected chi connectivity index (χ3v) is 7.56. The molecule has 2 N–H and O–H groups in total. The van der Waals surface area contributed by atoms with Crippen molar-refractivity contribution in [3.05, 3.63) is 67.1 Å². The number of halogens is 5. The Morgan fingerprint density at radius 1 is 1.18 bits per heavy atom. The molecule has 2 aromatic rings. The Labute approximate surface area is 236 Å². The summed E-state index contributed by atoms with van der Waals surface area (Å²) in [5.74, 6) is -4.85. The largest absolute Gasteiger partial charge is 0.496 e. The highest BCUT2D eigenvalue weighted by atomic mass is 79.9. The second-order valence-corrected chi connectivity index (χ2v) is 10.5. The number of nitrogens with zero attached hydrogens (tertiary/aromatic N) is 1. The highest BCUT2D eigenvalue weighted by Gasteiger charge is 2.44. The van der Waals surface area contributed by atoms with Gasteiger partial charge in [0, 0.05) is 10.4 Å². The van der Waals surface area contributed by atoms with Crippen molar-refractivity contribution in [3.63, 3.8) is 0 Å². The average molecular weight is 677 g/mol. The van der Waals surface area contributed by atoms with Crippen molar-refractivity contribution in [3.8, 4) is 11.8 Å². The molecule has 2 aromatic carbocycles. The van der Waals surface area contributed by atoms with Gasteiger partial charge in [0.2, 0.25) is 11.8 Å². The van der Waals surface area contributed by atoms with Crippen LogP contribution in [-0.4, -0.2) is 37.8 Å². The molecule has 1 heterocycles. The van der Waals surface area contributed by atoms with Crippen LogP contribution in [-0.2, 0) is 25.3 Å². The van der Waals surface area contributed by atoms with Gasteiger partial charge in [-0.15, -0.1) is 0 Å². The van der Waals surface area contributed by atoms with Crippen molar-refractivity contribution in [1.29, 1.82) is 5.26 Å². The van der Waals surface area contributed by atoms with Gasteiger partial charge in [0.1, 0.15) is 11.7 Å². The van der Waals surface area contributed by atoms with Gasteiger partial charge in [-0.05, 0) is 51.8 Å². The van der Waals surface area contributed by atoms with Crippen LogP contribution in [0.5, 0.6) is 5.75 Å². The van der Waals surface area contributed by atoms with E-state index in [2.05, 4.69) is 42.5 Å². The van der Waals surface area contributed by atoms with Crippen LogP contribution < -0.4 is 15.4 Å². The molecular weight excluding hydrogens is 659 g/mol. The first-order valence-corrected chi connectivity index (χ1v) is 13.1. The molecule has 0 saturated heterocycles. The van der Waals surface area contributed by atoms with Crippen molar-refractivity contribution < 1.29 is 37.0 Å². The third kappa shape index (κ3) is 6.51. The Bertz CT molecular complexity index is 1360. The monoisotopic (exact) mass is 675 g/mol. The van der Waals surface area contributed by atoms with Crippen molar-refractivity contribution in [1.82, 2.24) is 5.32 Å². The number of amides is 2. The van der Waals surface area contributed by atoms with E-state index in [4.69, 9.17) is 9.47 Å². The topological polar surface area (TPSA) is 118 Å². The Kier molecular flexibility index (Phi) is 9.50. The maximum Gasteiger partial charge on any atom is 0.418 e. The van der Waals surface area contributed by atoms with Gasteiger partial charge in [-0.1, -0.05) is 33.8 Å². The summed E-state index contributed by atoms with van der Waals surface area (Å²) in [6, 6.07) is 10.1. The maximum atomic E-state index is 13.4. The summed E-state index contributed by atoms with van der Waals surface area (Å²) in [6.07, 6.45) is -4.71. The third-order valence-electron chi connectivity index (χ3n) is 5.43. The molecule has 3 rings (SSSR count). The minimum absolute atomic E-state index is 0.00315. The predicted molar refractivity (Wildman–Crippen MR) is 140 cm³/mol. The van der Waals surface area contributed by atoms with Crippen LogP contribution >= 0.6 is 43.6 Å². The van der Waals surface area contributed by atoms with Crippen molar-refractivity contribution in [2.45, 2.75) is 12.1 Å². The SMILES string of the molecule is COC(=O)[C@H]1C(=O)NC(SCC(=O)Nc2ccc(Br)cc2C(F)(F)F)=C(C#N)[C@H]1c1ccc(OC)c(Br)c1. The Morgan fingerprint density at radius 3 is 2.47 bits per heavy atom. The molecule has 200 valence electrons. The Morgan fingerprint density at radius 2 is 1.89 bits per heavy atom. The molecule has 0 spiro atoms. The van der Waals surface area contributed by atoms with Crippen LogP contribution in [0.25, 0.3) is 0 Å². The molecule has 8 nitrogen and oxygen atoms in total. The molecule has 0 bridgehead atoms. The predicted octanol–water partition coefficient (Wildman–Crippen LogP) is 5.35. The van der Waals surface area contributed by atoms with Gasteiger partial charge in [-0.25, -0.2) is 0 Å². The summed E-state index contributed by atoms with van der Waals surface area (Å²) in [5.41, 5.74) is -1.08. The first kappa shape index (κ1) is 29.5. The number of alkyl halides is 3. The van der Waals surface area contributed by atoms with Gasteiger partial charge in [0.25, 0.3) is 0 Å². The number of nitriles is 1. The lowest BCUT2D eigenvalue weighted by Gasteiger charge is -2.31. The lowest BCUT2D eigenvalue weighted by atomic mass is 9.78. The van der Waals surface area contributed by atoms with E-state index in [1.807, 2.05) is 6.07 Å². The Balaban J connectivity index is 1.93. The first-order valence-electron chi connectivity index (χ1n) is 10.6. The number of esters is 1. The fourth-order valence-corrected chi connectivity index (χ4v) is 5.51. The van der Waals surface area contributed by atoms with E-state index in [9.17, 15) is 32.8 Å². The van der Waals surface area contributed by atoms with E-state index in [0.717, 1.165) is 31.0 Å². The molecule has 1 aliphatic heterocycles. The number of hydrogen-bond donors (Lipinski definition) is 2. The summed E-state index contributed by atoms with van der Waals surface area (Å²) >= 11 is 7.07. The van der Waals surface area contributed by atoms with Gasteiger partial charge >= 0.3 is 12.1 Å². The quantitative estimate of drug-likeness (QED) is 0.300. The molecule has 2 amide bonds. The fourth-order valence-electron chi connectivity index (χ4n) is 3.74. The lowest BCUT2D eigenvalue weighted by Crippen LogP contribution is -2.44. The van der Waals surface area contributed by atoms with Gasteiger partial charge < -0.3 is 20.1 Å². The normalized spacial score (nSPS) is 17.4. The average Bonchev–Trinajstić information content (AvgIpc) is 2.86. The van der Waals surface area contributed by atoms with Crippen molar-refractivity contribution in [2.24, 2.45) is 5.92 Å². The van der Waals surface area contributed by atoms with E-state index in [1.54, 1.807) is 18.2 Å². The maximum absolute atomic E-state index is 13.4. The van der Waals surface area contributed by atoms with Gasteiger partial charge in [-0.3, -0.25) is 14.4 Å². The highest BCUT2D eigenvalue weighted by molar-refractivity contribution is 9.10. The van der Waals surface area contributed by atoms with Crippen LogP contribution in [0.15, 0.2) is 55.9 Å². The molecule has 0 unspecified atom stereocenters. The number of benzene rings is 2. The smallest absolute Gasteiger partial charge is 0.418 e. The zero-order chi connectivity index (χ0) is 28.2. The number of nitrogens with one attached hydrogen (secondary N) is 2. The molecule has 0 aliphatic carbocycles. The summed E-state index contributed by atoms with van der Waals surface area (Å²) in [6.45, 7) is 0. The Hall–Kier alpha value is -3.02. The number of allylic oxidation sites excluding steroid dienone is 1. The zero-order valence-electron chi connectivity index (χ0n) is 19.6. The van der Waals surface area contributed by atoms with E-state index in [1.165, 1.54) is 13.2 Å². The second kappa shape index (κ2) is 12.2. The van der Waals surface area contributed by atoms with Gasteiger partial charge in [-0.2, -0.15) is 18.4 Å². The number of carbonyl (C=O) groups excluding carboxylic acids is 3. The number of rotatable bonds is 7. The number of ether oxygens (including phenoxy) is 2. The minimum atomic E-state index is -4.71. The molecule has 1 aliphatic rings. The van der Waals surface area contributed by atoms with Crippen molar-refractivity contribution in [2.75, 3.05) is 25.3 Å². The van der Waals surface area contributed by atoms with Crippen LogP contribution in [0.3, 0.4) is 0 Å². The van der Waals surface area contributed by atoms with Crippen LogP contribution in [0, 0.1) is 17.2 Å². The van der Waals surface area contributed by atoms with Crippen LogP contribution in [0.2, 0.25) is 0 Å². The molecule has 38 heavy (non-hydrogen) atoms. The van der Waals surface area contributed by atoms with E-state index in [-0.39, 0.29) is 15.1 Å². The standard InChI is InChI=1S/C24H18Br2F3N3O5S/c1-36-17-6-3-11(7-15(17)26)19-13(9-30)22(32-21(34)20(19)23(35)37-2)38-10-18(33)31-16-5-4-12(25)8-14(16)24(27,28)29/h3-8,19-20H,10H2,1-2H3,(H,31,33)(H,32,34)/t19-,20-/m1/s1. The molecule has 14 heteroatoms. The van der Waals surface area contributed by atoms with E-state index in [0.29, 0.717) is 15.8 Å². The summed E-state index contributed by atoms with van der Waals surface area (Å²) in [7, 11) is 2.57. The lowest BCUT2D eigenvalue weighted by molar-refractivity contribution is -0.150. The molecule has 0 fully saturated rings. The highest BCUT2D eigenvalue weighted by Crippen LogP contribution is 2.42. The van der Waals surface area contributed by atoms with Crippen molar-refractivity contribution >= 4 is 67.1 Å². The number of methoxy groups -OCH3 is 2.